The van der Waals surface area contributed by atoms with Crippen molar-refractivity contribution in [1.29, 1.82) is 0 Å². The third-order valence-electron chi connectivity index (χ3n) is 2.96. The highest BCUT2D eigenvalue weighted by atomic mass is 16.6. The van der Waals surface area contributed by atoms with Crippen LogP contribution in [0.2, 0.25) is 0 Å². The van der Waals surface area contributed by atoms with Crippen molar-refractivity contribution >= 4 is 28.8 Å². The summed E-state index contributed by atoms with van der Waals surface area (Å²) in [5, 5.41) is 2.56. The van der Waals surface area contributed by atoms with Crippen LogP contribution in [0.1, 0.15) is 31.1 Å². The summed E-state index contributed by atoms with van der Waals surface area (Å²) < 4.78 is 15.3. The maximum atomic E-state index is 12.2. The van der Waals surface area contributed by atoms with E-state index in [-0.39, 0.29) is 17.0 Å². The highest BCUT2D eigenvalue weighted by Gasteiger charge is 2.26. The molecule has 0 aliphatic rings. The van der Waals surface area contributed by atoms with Gasteiger partial charge in [0, 0.05) is 18.5 Å². The molecule has 2 rings (SSSR count). The zero-order valence-corrected chi connectivity index (χ0v) is 14.2. The number of fused-ring (bicyclic) bond motifs is 1. The molecule has 0 spiro atoms. The molecule has 1 N–H and O–H groups in total. The van der Waals surface area contributed by atoms with Crippen molar-refractivity contribution in [1.82, 2.24) is 9.97 Å². The summed E-state index contributed by atoms with van der Waals surface area (Å²) in [4.78, 5) is 32.7. The van der Waals surface area contributed by atoms with E-state index >= 15 is 0 Å². The first-order valence-corrected chi connectivity index (χ1v) is 7.17. The maximum Gasteiger partial charge on any atom is 0.412 e. The Kier molecular flexibility index (Phi) is 4.87. The summed E-state index contributed by atoms with van der Waals surface area (Å²) in [6.07, 6.45) is 2.22. The van der Waals surface area contributed by atoms with Crippen molar-refractivity contribution in [3.63, 3.8) is 0 Å². The normalized spacial score (nSPS) is 11.0. The molecule has 0 atom stereocenters. The largest absolute Gasteiger partial charge is 0.496 e. The summed E-state index contributed by atoms with van der Waals surface area (Å²) in [6, 6.07) is 1.55. The molecular weight excluding hydrogens is 314 g/mol. The molecule has 1 aromatic heterocycles. The number of amides is 1. The lowest BCUT2D eigenvalue weighted by Crippen LogP contribution is -2.28. The molecule has 0 bridgehead atoms. The molecular formula is C16H19N3O5. The number of ether oxygens (including phenoxy) is 3. The van der Waals surface area contributed by atoms with E-state index in [1.165, 1.54) is 26.6 Å². The van der Waals surface area contributed by atoms with Gasteiger partial charge in [-0.2, -0.15) is 0 Å². The van der Waals surface area contributed by atoms with Crippen LogP contribution in [0.5, 0.6) is 5.75 Å². The number of methoxy groups -OCH3 is 2. The molecule has 0 saturated heterocycles. The van der Waals surface area contributed by atoms with Crippen molar-refractivity contribution in [2.24, 2.45) is 0 Å². The Hall–Kier alpha value is -2.90. The molecule has 2 aromatic rings. The number of nitrogens with zero attached hydrogens (tertiary/aromatic N) is 2. The maximum absolute atomic E-state index is 12.2. The van der Waals surface area contributed by atoms with Crippen LogP contribution < -0.4 is 10.1 Å². The van der Waals surface area contributed by atoms with Crippen LogP contribution in [0.4, 0.5) is 10.5 Å². The molecule has 1 amide bonds. The third-order valence-corrected chi connectivity index (χ3v) is 2.96. The lowest BCUT2D eigenvalue weighted by Gasteiger charge is -2.21. The van der Waals surface area contributed by atoms with Crippen LogP contribution in [-0.4, -0.2) is 41.9 Å². The fourth-order valence-electron chi connectivity index (χ4n) is 2.08. The average molecular weight is 333 g/mol. The number of aromatic nitrogens is 2. The number of rotatable bonds is 3. The van der Waals surface area contributed by atoms with Crippen molar-refractivity contribution in [3.8, 4) is 5.75 Å². The van der Waals surface area contributed by atoms with Gasteiger partial charge in [-0.1, -0.05) is 0 Å². The molecule has 8 heteroatoms. The van der Waals surface area contributed by atoms with Crippen molar-refractivity contribution in [2.45, 2.75) is 26.4 Å². The van der Waals surface area contributed by atoms with Crippen LogP contribution in [0.15, 0.2) is 18.5 Å². The Labute approximate surface area is 139 Å². The number of esters is 1. The topological polar surface area (TPSA) is 99.6 Å². The number of carbonyl (C=O) groups is 2. The first kappa shape index (κ1) is 17.5. The minimum absolute atomic E-state index is 0.0406. The van der Waals surface area contributed by atoms with Crippen molar-refractivity contribution in [3.05, 3.63) is 24.0 Å². The van der Waals surface area contributed by atoms with Crippen LogP contribution in [0.3, 0.4) is 0 Å². The van der Waals surface area contributed by atoms with Crippen molar-refractivity contribution in [2.75, 3.05) is 19.5 Å². The standard InChI is InChI=1S/C16H19N3O5/c1-16(2,3)24-15(21)19-13-11(14(20)23-5)10(22-4)8-9-12(13)18-7-6-17-9/h6-8H,1-5H3,(H,19,21). The third kappa shape index (κ3) is 3.70. The number of hydrogen-bond donors (Lipinski definition) is 1. The Morgan fingerprint density at radius 1 is 1.12 bits per heavy atom. The van der Waals surface area contributed by atoms with E-state index in [0.717, 1.165) is 0 Å². The summed E-state index contributed by atoms with van der Waals surface area (Å²) in [6.45, 7) is 5.20. The minimum atomic E-state index is -0.729. The summed E-state index contributed by atoms with van der Waals surface area (Å²) >= 11 is 0. The van der Waals surface area contributed by atoms with Crippen LogP contribution >= 0.6 is 0 Å². The SMILES string of the molecule is COC(=O)c1c(OC)cc2nccnc2c1NC(=O)OC(C)(C)C. The lowest BCUT2D eigenvalue weighted by molar-refractivity contribution is 0.0598. The van der Waals surface area contributed by atoms with E-state index < -0.39 is 17.7 Å². The Morgan fingerprint density at radius 2 is 1.79 bits per heavy atom. The van der Waals surface area contributed by atoms with Gasteiger partial charge in [0.05, 0.1) is 25.4 Å². The van der Waals surface area contributed by atoms with E-state index in [1.807, 2.05) is 0 Å². The van der Waals surface area contributed by atoms with E-state index in [9.17, 15) is 9.59 Å². The van der Waals surface area contributed by atoms with Crippen molar-refractivity contribution < 1.29 is 23.8 Å². The van der Waals surface area contributed by atoms with Gasteiger partial charge in [0.15, 0.2) is 0 Å². The number of anilines is 1. The summed E-state index contributed by atoms with van der Waals surface area (Å²) in [5.41, 5.74) is 0.241. The molecule has 0 saturated carbocycles. The second-order valence-corrected chi connectivity index (χ2v) is 5.87. The van der Waals surface area contributed by atoms with E-state index in [4.69, 9.17) is 14.2 Å². The molecule has 1 aromatic carbocycles. The predicted octanol–water partition coefficient (Wildman–Crippen LogP) is 2.77. The Balaban J connectivity index is 2.63. The molecule has 128 valence electrons. The first-order valence-electron chi connectivity index (χ1n) is 7.17. The molecule has 0 unspecified atom stereocenters. The molecule has 0 aliphatic carbocycles. The predicted molar refractivity (Wildman–Crippen MR) is 87.3 cm³/mol. The molecule has 24 heavy (non-hydrogen) atoms. The van der Waals surface area contributed by atoms with Gasteiger partial charge in [-0.25, -0.2) is 9.59 Å². The van der Waals surface area contributed by atoms with Gasteiger partial charge in [0.2, 0.25) is 0 Å². The van der Waals surface area contributed by atoms with Gasteiger partial charge in [-0.3, -0.25) is 15.3 Å². The smallest absolute Gasteiger partial charge is 0.412 e. The Morgan fingerprint density at radius 3 is 2.38 bits per heavy atom. The minimum Gasteiger partial charge on any atom is -0.496 e. The fraction of sp³-hybridized carbons (Fsp3) is 0.375. The average Bonchev–Trinajstić information content (AvgIpc) is 2.51. The van der Waals surface area contributed by atoms with E-state index in [2.05, 4.69) is 15.3 Å². The molecule has 1 heterocycles. The molecule has 0 radical (unpaired) electrons. The summed E-state index contributed by atoms with van der Waals surface area (Å²) in [7, 11) is 2.64. The lowest BCUT2D eigenvalue weighted by atomic mass is 10.1. The molecule has 0 fully saturated rings. The van der Waals surface area contributed by atoms with Gasteiger partial charge in [-0.15, -0.1) is 0 Å². The zero-order chi connectivity index (χ0) is 17.9. The first-order chi connectivity index (χ1) is 11.3. The van der Waals surface area contributed by atoms with Crippen LogP contribution in [0, 0.1) is 0 Å². The van der Waals surface area contributed by atoms with Gasteiger partial charge in [0.25, 0.3) is 0 Å². The van der Waals surface area contributed by atoms with Crippen LogP contribution in [-0.2, 0) is 9.47 Å². The molecule has 8 nitrogen and oxygen atoms in total. The van der Waals surface area contributed by atoms with Gasteiger partial charge >= 0.3 is 12.1 Å². The van der Waals surface area contributed by atoms with Crippen LogP contribution in [0.25, 0.3) is 11.0 Å². The van der Waals surface area contributed by atoms with Gasteiger partial charge < -0.3 is 14.2 Å². The highest BCUT2D eigenvalue weighted by molar-refractivity contribution is 6.10. The monoisotopic (exact) mass is 333 g/mol. The Bertz CT molecular complexity index is 783. The summed E-state index contributed by atoms with van der Waals surface area (Å²) in [5.74, 6) is -0.466. The van der Waals surface area contributed by atoms with Gasteiger partial charge in [-0.05, 0) is 20.8 Å². The molecule has 0 aliphatic heterocycles. The second-order valence-electron chi connectivity index (χ2n) is 5.87. The highest BCUT2D eigenvalue weighted by Crippen LogP contribution is 2.34. The van der Waals surface area contributed by atoms with Gasteiger partial charge in [0.1, 0.15) is 22.4 Å². The number of hydrogen-bond acceptors (Lipinski definition) is 7. The zero-order valence-electron chi connectivity index (χ0n) is 14.2. The number of carbonyl (C=O) groups excluding carboxylic acids is 2. The quantitative estimate of drug-likeness (QED) is 0.862. The number of nitrogens with one attached hydrogen (secondary N) is 1. The van der Waals surface area contributed by atoms with E-state index in [1.54, 1.807) is 26.8 Å². The second kappa shape index (κ2) is 6.69. The fourth-order valence-corrected chi connectivity index (χ4v) is 2.08. The number of benzene rings is 1. The van der Waals surface area contributed by atoms with E-state index in [0.29, 0.717) is 11.0 Å².